The lowest BCUT2D eigenvalue weighted by molar-refractivity contribution is 0.0942. The average Bonchev–Trinajstić information content (AvgIpc) is 2.94. The normalized spacial score (nSPS) is 21.6. The van der Waals surface area contributed by atoms with E-state index < -0.39 is 9.84 Å². The average molecular weight is 279 g/mol. The van der Waals surface area contributed by atoms with Crippen molar-refractivity contribution in [3.05, 3.63) is 30.1 Å². The molecule has 1 aliphatic rings. The number of carbonyl (C=O) groups is 1. The van der Waals surface area contributed by atoms with Gasteiger partial charge >= 0.3 is 0 Å². The fourth-order valence-corrected chi connectivity index (χ4v) is 3.99. The predicted octanol–water partition coefficient (Wildman–Crippen LogP) is 0.480. The minimum atomic E-state index is -2.99. The summed E-state index contributed by atoms with van der Waals surface area (Å²) in [6, 6.07) is 4.98. The third kappa shape index (κ3) is 2.33. The quantitative estimate of drug-likeness (QED) is 0.836. The summed E-state index contributed by atoms with van der Waals surface area (Å²) in [5.41, 5.74) is 1.84. The van der Waals surface area contributed by atoms with Crippen molar-refractivity contribution >= 4 is 26.8 Å². The molecule has 0 radical (unpaired) electrons. The smallest absolute Gasteiger partial charge is 0.253 e. The Kier molecular flexibility index (Phi) is 2.78. The molecule has 0 spiro atoms. The molecule has 1 saturated heterocycles. The number of fused-ring (bicyclic) bond motifs is 1. The number of amides is 1. The highest BCUT2D eigenvalue weighted by atomic mass is 32.2. The molecule has 6 nitrogen and oxygen atoms in total. The van der Waals surface area contributed by atoms with Crippen LogP contribution in [0, 0.1) is 0 Å². The number of hydrogen-bond donors (Lipinski definition) is 2. The lowest BCUT2D eigenvalue weighted by atomic mass is 10.1. The van der Waals surface area contributed by atoms with E-state index in [1.165, 1.54) is 6.33 Å². The Labute approximate surface area is 110 Å². The summed E-state index contributed by atoms with van der Waals surface area (Å²) in [5, 5.41) is 2.76. The highest BCUT2D eigenvalue weighted by Crippen LogP contribution is 2.16. The minimum Gasteiger partial charge on any atom is -0.348 e. The summed E-state index contributed by atoms with van der Waals surface area (Å²) >= 11 is 0. The zero-order valence-electron chi connectivity index (χ0n) is 10.1. The van der Waals surface area contributed by atoms with Gasteiger partial charge in [0.15, 0.2) is 9.84 Å². The van der Waals surface area contributed by atoms with Gasteiger partial charge in [-0.3, -0.25) is 4.79 Å². The number of nitrogens with one attached hydrogen (secondary N) is 2. The molecule has 7 heteroatoms. The first-order valence-corrected chi connectivity index (χ1v) is 7.81. The Morgan fingerprint density at radius 1 is 1.42 bits per heavy atom. The van der Waals surface area contributed by atoms with E-state index in [2.05, 4.69) is 15.3 Å². The van der Waals surface area contributed by atoms with Crippen LogP contribution in [-0.2, 0) is 9.84 Å². The van der Waals surface area contributed by atoms with Gasteiger partial charge in [0.05, 0.1) is 28.9 Å². The van der Waals surface area contributed by atoms with E-state index in [0.29, 0.717) is 17.5 Å². The van der Waals surface area contributed by atoms with Crippen LogP contribution < -0.4 is 5.32 Å². The van der Waals surface area contributed by atoms with Crippen LogP contribution in [0.3, 0.4) is 0 Å². The van der Waals surface area contributed by atoms with E-state index in [-0.39, 0.29) is 23.5 Å². The molecule has 1 atom stereocenters. The molecule has 0 bridgehead atoms. The summed E-state index contributed by atoms with van der Waals surface area (Å²) in [4.78, 5) is 19.2. The van der Waals surface area contributed by atoms with Crippen LogP contribution in [0.4, 0.5) is 0 Å². The predicted molar refractivity (Wildman–Crippen MR) is 70.6 cm³/mol. The Balaban J connectivity index is 1.83. The van der Waals surface area contributed by atoms with Crippen LogP contribution in [-0.4, -0.2) is 41.8 Å². The zero-order chi connectivity index (χ0) is 13.5. The highest BCUT2D eigenvalue weighted by Gasteiger charge is 2.29. The lowest BCUT2D eigenvalue weighted by Gasteiger charge is -2.10. The maximum atomic E-state index is 12.2. The summed E-state index contributed by atoms with van der Waals surface area (Å²) in [5.74, 6) is -0.111. The van der Waals surface area contributed by atoms with Crippen LogP contribution in [0.5, 0.6) is 0 Å². The van der Waals surface area contributed by atoms with Crippen molar-refractivity contribution in [3.63, 3.8) is 0 Å². The van der Waals surface area contributed by atoms with Crippen molar-refractivity contribution in [3.8, 4) is 0 Å². The fraction of sp³-hybridized carbons (Fsp3) is 0.333. The second-order valence-corrected chi connectivity index (χ2v) is 6.91. The number of sulfone groups is 1. The Morgan fingerprint density at radius 2 is 2.26 bits per heavy atom. The van der Waals surface area contributed by atoms with E-state index in [0.717, 1.165) is 5.52 Å². The third-order valence-corrected chi connectivity index (χ3v) is 5.03. The topological polar surface area (TPSA) is 91.9 Å². The first kappa shape index (κ1) is 12.2. The van der Waals surface area contributed by atoms with E-state index in [4.69, 9.17) is 0 Å². The standard InChI is InChI=1S/C12H13N3O3S/c16-12(15-8-4-5-19(17,18)6-8)9-2-1-3-10-11(9)14-7-13-10/h1-3,7-8H,4-6H2,(H,13,14)(H,15,16). The Hall–Kier alpha value is -1.89. The second kappa shape index (κ2) is 4.34. The number of benzene rings is 1. The largest absolute Gasteiger partial charge is 0.348 e. The Bertz CT molecular complexity index is 736. The molecule has 0 saturated carbocycles. The summed E-state index contributed by atoms with van der Waals surface area (Å²) in [7, 11) is -2.99. The van der Waals surface area contributed by atoms with Gasteiger partial charge in [-0.15, -0.1) is 0 Å². The van der Waals surface area contributed by atoms with Gasteiger partial charge < -0.3 is 10.3 Å². The van der Waals surface area contributed by atoms with Crippen LogP contribution >= 0.6 is 0 Å². The van der Waals surface area contributed by atoms with Gasteiger partial charge in [0.2, 0.25) is 0 Å². The molecule has 2 heterocycles. The number of aromatic nitrogens is 2. The highest BCUT2D eigenvalue weighted by molar-refractivity contribution is 7.91. The monoisotopic (exact) mass is 279 g/mol. The molecule has 3 rings (SSSR count). The molecule has 1 aromatic carbocycles. The van der Waals surface area contributed by atoms with Gasteiger partial charge in [-0.1, -0.05) is 6.07 Å². The molecule has 2 N–H and O–H groups in total. The molecule has 1 aliphatic heterocycles. The van der Waals surface area contributed by atoms with Gasteiger partial charge in [-0.2, -0.15) is 0 Å². The lowest BCUT2D eigenvalue weighted by Crippen LogP contribution is -2.35. The molecule has 1 amide bonds. The fourth-order valence-electron chi connectivity index (χ4n) is 2.32. The SMILES string of the molecule is O=C(NC1CCS(=O)(=O)C1)c1cccc2[nH]cnc12. The number of aromatic amines is 1. The number of hydrogen-bond acceptors (Lipinski definition) is 4. The van der Waals surface area contributed by atoms with Crippen molar-refractivity contribution in [1.82, 2.24) is 15.3 Å². The number of carbonyl (C=O) groups excluding carboxylic acids is 1. The molecular weight excluding hydrogens is 266 g/mol. The molecule has 1 aromatic heterocycles. The maximum Gasteiger partial charge on any atom is 0.253 e. The van der Waals surface area contributed by atoms with Gasteiger partial charge in [0, 0.05) is 6.04 Å². The number of imidazole rings is 1. The van der Waals surface area contributed by atoms with Crippen molar-refractivity contribution < 1.29 is 13.2 Å². The third-order valence-electron chi connectivity index (χ3n) is 3.26. The van der Waals surface area contributed by atoms with Crippen LogP contribution in [0.15, 0.2) is 24.5 Å². The summed E-state index contributed by atoms with van der Waals surface area (Å²) < 4.78 is 22.7. The van der Waals surface area contributed by atoms with E-state index in [1.54, 1.807) is 12.1 Å². The first-order chi connectivity index (χ1) is 9.05. The number of H-pyrrole nitrogens is 1. The minimum absolute atomic E-state index is 0.0231. The summed E-state index contributed by atoms with van der Waals surface area (Å²) in [6.45, 7) is 0. The van der Waals surface area contributed by atoms with Gasteiger partial charge in [-0.05, 0) is 18.6 Å². The van der Waals surface area contributed by atoms with Gasteiger partial charge in [-0.25, -0.2) is 13.4 Å². The van der Waals surface area contributed by atoms with Gasteiger partial charge in [0.1, 0.15) is 5.52 Å². The van der Waals surface area contributed by atoms with Crippen molar-refractivity contribution in [1.29, 1.82) is 0 Å². The molecule has 2 aromatic rings. The molecule has 1 unspecified atom stereocenters. The van der Waals surface area contributed by atoms with E-state index in [9.17, 15) is 13.2 Å². The van der Waals surface area contributed by atoms with Gasteiger partial charge in [0.25, 0.3) is 5.91 Å². The summed E-state index contributed by atoms with van der Waals surface area (Å²) in [6.07, 6.45) is 2.01. The van der Waals surface area contributed by atoms with E-state index in [1.807, 2.05) is 6.07 Å². The van der Waals surface area contributed by atoms with Crippen LogP contribution in [0.25, 0.3) is 11.0 Å². The number of nitrogens with zero attached hydrogens (tertiary/aromatic N) is 1. The van der Waals surface area contributed by atoms with Crippen molar-refractivity contribution in [2.24, 2.45) is 0 Å². The number of para-hydroxylation sites is 1. The van der Waals surface area contributed by atoms with Crippen molar-refractivity contribution in [2.45, 2.75) is 12.5 Å². The van der Waals surface area contributed by atoms with Crippen LogP contribution in [0.2, 0.25) is 0 Å². The van der Waals surface area contributed by atoms with E-state index >= 15 is 0 Å². The first-order valence-electron chi connectivity index (χ1n) is 5.98. The second-order valence-electron chi connectivity index (χ2n) is 4.68. The Morgan fingerprint density at radius 3 is 3.00 bits per heavy atom. The zero-order valence-corrected chi connectivity index (χ0v) is 10.9. The van der Waals surface area contributed by atoms with Crippen molar-refractivity contribution in [2.75, 3.05) is 11.5 Å². The number of rotatable bonds is 2. The van der Waals surface area contributed by atoms with Crippen LogP contribution in [0.1, 0.15) is 16.8 Å². The molecule has 0 aliphatic carbocycles. The molecule has 19 heavy (non-hydrogen) atoms. The molecular formula is C12H13N3O3S. The molecule has 100 valence electrons. The molecule has 1 fully saturated rings. The maximum absolute atomic E-state index is 12.2.